The summed E-state index contributed by atoms with van der Waals surface area (Å²) in [5.74, 6) is -0.956. The quantitative estimate of drug-likeness (QED) is 0.587. The molecule has 1 heterocycles. The number of rotatable bonds is 6. The molecule has 0 aliphatic carbocycles. The molecule has 5 heteroatoms. The van der Waals surface area contributed by atoms with E-state index in [1.54, 1.807) is 17.0 Å². The third-order valence-corrected chi connectivity index (χ3v) is 4.91. The number of hydrogen-bond acceptors (Lipinski definition) is 4. The Morgan fingerprint density at radius 1 is 1.20 bits per heavy atom. The van der Waals surface area contributed by atoms with Crippen LogP contribution in [-0.4, -0.2) is 42.3 Å². The van der Waals surface area contributed by atoms with Gasteiger partial charge in [0.05, 0.1) is 7.11 Å². The molecule has 136 valence electrons. The van der Waals surface area contributed by atoms with Gasteiger partial charge in [-0.25, -0.2) is 4.79 Å². The van der Waals surface area contributed by atoms with Gasteiger partial charge in [0.15, 0.2) is 5.78 Å². The second kappa shape index (κ2) is 8.28. The normalized spacial score (nSPS) is 18.3. The van der Waals surface area contributed by atoms with E-state index in [0.717, 1.165) is 12.0 Å². The first-order valence-corrected chi connectivity index (χ1v) is 8.83. The van der Waals surface area contributed by atoms with Crippen molar-refractivity contribution in [1.29, 1.82) is 0 Å². The number of aryl methyl sites for hydroxylation is 1. The van der Waals surface area contributed by atoms with Gasteiger partial charge in [0.1, 0.15) is 6.04 Å². The number of amides is 1. The number of benzene rings is 1. The Hall–Kier alpha value is -2.17. The minimum atomic E-state index is -0.520. The molecule has 0 N–H and O–H groups in total. The zero-order valence-corrected chi connectivity index (χ0v) is 15.5. The van der Waals surface area contributed by atoms with E-state index in [9.17, 15) is 14.4 Å². The zero-order chi connectivity index (χ0) is 18.6. The standard InChI is InChI=1S/C20H27NO4/c1-13(2)16(12-18(22)15-9-7-14(3)8-10-15)19(23)21-11-5-6-17(21)20(24)25-4/h7-10,13,16-17H,5-6,11-12H2,1-4H3/t16-,17-/m0/s1. The molecule has 0 bridgehead atoms. The number of esters is 1. The highest BCUT2D eigenvalue weighted by molar-refractivity contribution is 5.99. The monoisotopic (exact) mass is 345 g/mol. The Kier molecular flexibility index (Phi) is 6.34. The summed E-state index contributed by atoms with van der Waals surface area (Å²) >= 11 is 0. The third-order valence-electron chi connectivity index (χ3n) is 4.91. The Bertz CT molecular complexity index is 636. The Balaban J connectivity index is 2.14. The topological polar surface area (TPSA) is 63.7 Å². The second-order valence-electron chi connectivity index (χ2n) is 7.06. The van der Waals surface area contributed by atoms with E-state index in [1.165, 1.54) is 7.11 Å². The van der Waals surface area contributed by atoms with Gasteiger partial charge in [-0.3, -0.25) is 9.59 Å². The van der Waals surface area contributed by atoms with Crippen molar-refractivity contribution < 1.29 is 19.1 Å². The van der Waals surface area contributed by atoms with E-state index in [-0.39, 0.29) is 30.0 Å². The lowest BCUT2D eigenvalue weighted by atomic mass is 9.87. The Morgan fingerprint density at radius 3 is 2.40 bits per heavy atom. The van der Waals surface area contributed by atoms with Gasteiger partial charge in [-0.2, -0.15) is 0 Å². The van der Waals surface area contributed by atoms with Crippen molar-refractivity contribution in [3.8, 4) is 0 Å². The predicted molar refractivity (Wildman–Crippen MR) is 95.2 cm³/mol. The van der Waals surface area contributed by atoms with Crippen molar-refractivity contribution in [1.82, 2.24) is 4.90 Å². The van der Waals surface area contributed by atoms with Crippen LogP contribution in [0.1, 0.15) is 49.0 Å². The van der Waals surface area contributed by atoms with Crippen LogP contribution in [0, 0.1) is 18.8 Å². The van der Waals surface area contributed by atoms with Gasteiger partial charge in [-0.1, -0.05) is 43.7 Å². The smallest absolute Gasteiger partial charge is 0.328 e. The number of methoxy groups -OCH3 is 1. The van der Waals surface area contributed by atoms with Crippen molar-refractivity contribution in [2.75, 3.05) is 13.7 Å². The molecule has 1 aliphatic heterocycles. The van der Waals surface area contributed by atoms with Crippen LogP contribution < -0.4 is 0 Å². The van der Waals surface area contributed by atoms with Crippen molar-refractivity contribution >= 4 is 17.7 Å². The molecule has 25 heavy (non-hydrogen) atoms. The highest BCUT2D eigenvalue weighted by Gasteiger charge is 2.39. The lowest BCUT2D eigenvalue weighted by Gasteiger charge is -2.29. The van der Waals surface area contributed by atoms with Gasteiger partial charge in [-0.15, -0.1) is 0 Å². The van der Waals surface area contributed by atoms with Crippen molar-refractivity contribution in [3.63, 3.8) is 0 Å². The molecular weight excluding hydrogens is 318 g/mol. The highest BCUT2D eigenvalue weighted by atomic mass is 16.5. The van der Waals surface area contributed by atoms with Crippen LogP contribution >= 0.6 is 0 Å². The molecular formula is C20H27NO4. The van der Waals surface area contributed by atoms with E-state index in [0.29, 0.717) is 18.5 Å². The molecule has 2 rings (SSSR count). The molecule has 1 saturated heterocycles. The molecule has 0 spiro atoms. The zero-order valence-electron chi connectivity index (χ0n) is 15.5. The number of nitrogens with zero attached hydrogens (tertiary/aromatic N) is 1. The lowest BCUT2D eigenvalue weighted by Crippen LogP contribution is -2.45. The molecule has 2 atom stereocenters. The third kappa shape index (κ3) is 4.47. The number of ether oxygens (including phenoxy) is 1. The highest BCUT2D eigenvalue weighted by Crippen LogP contribution is 2.27. The number of hydrogen-bond donors (Lipinski definition) is 0. The van der Waals surface area contributed by atoms with E-state index < -0.39 is 12.0 Å². The van der Waals surface area contributed by atoms with Gasteiger partial charge in [0.2, 0.25) is 5.91 Å². The fraction of sp³-hybridized carbons (Fsp3) is 0.550. The van der Waals surface area contributed by atoms with Gasteiger partial charge < -0.3 is 9.64 Å². The van der Waals surface area contributed by atoms with Gasteiger partial charge in [0.25, 0.3) is 0 Å². The first kappa shape index (κ1) is 19.2. The number of Topliss-reactive ketones (excluding diaryl/α,β-unsaturated/α-hetero) is 1. The minimum Gasteiger partial charge on any atom is -0.467 e. The molecule has 1 fully saturated rings. The summed E-state index contributed by atoms with van der Waals surface area (Å²) in [5, 5.41) is 0. The summed E-state index contributed by atoms with van der Waals surface area (Å²) in [6.07, 6.45) is 1.56. The summed E-state index contributed by atoms with van der Waals surface area (Å²) in [5.41, 5.74) is 1.71. The van der Waals surface area contributed by atoms with Crippen LogP contribution in [0.4, 0.5) is 0 Å². The minimum absolute atomic E-state index is 0.0146. The van der Waals surface area contributed by atoms with Gasteiger partial charge in [-0.05, 0) is 25.7 Å². The van der Waals surface area contributed by atoms with Crippen molar-refractivity contribution in [2.45, 2.75) is 46.1 Å². The molecule has 1 aromatic rings. The summed E-state index contributed by atoms with van der Waals surface area (Å²) in [6, 6.07) is 6.87. The van der Waals surface area contributed by atoms with Crippen molar-refractivity contribution in [2.24, 2.45) is 11.8 Å². The van der Waals surface area contributed by atoms with E-state index in [2.05, 4.69) is 0 Å². The lowest BCUT2D eigenvalue weighted by molar-refractivity contribution is -0.152. The molecule has 0 saturated carbocycles. The Morgan fingerprint density at radius 2 is 1.84 bits per heavy atom. The Labute approximate surface area is 149 Å². The van der Waals surface area contributed by atoms with Crippen LogP contribution in [0.15, 0.2) is 24.3 Å². The molecule has 1 amide bonds. The SMILES string of the molecule is COC(=O)[C@@H]1CCCN1C(=O)[C@@H](CC(=O)c1ccc(C)cc1)C(C)C. The summed E-state index contributed by atoms with van der Waals surface area (Å²) in [7, 11) is 1.34. The van der Waals surface area contributed by atoms with Crippen LogP contribution in [0.3, 0.4) is 0 Å². The molecule has 0 radical (unpaired) electrons. The number of likely N-dealkylation sites (tertiary alicyclic amines) is 1. The molecule has 0 aromatic heterocycles. The van der Waals surface area contributed by atoms with Crippen LogP contribution in [0.25, 0.3) is 0 Å². The molecule has 1 aliphatic rings. The molecule has 1 aromatic carbocycles. The average molecular weight is 345 g/mol. The van der Waals surface area contributed by atoms with E-state index >= 15 is 0 Å². The average Bonchev–Trinajstić information content (AvgIpc) is 3.08. The molecule has 5 nitrogen and oxygen atoms in total. The van der Waals surface area contributed by atoms with Gasteiger partial charge >= 0.3 is 5.97 Å². The second-order valence-corrected chi connectivity index (χ2v) is 7.06. The van der Waals surface area contributed by atoms with E-state index in [1.807, 2.05) is 32.9 Å². The van der Waals surface area contributed by atoms with Crippen LogP contribution in [0.2, 0.25) is 0 Å². The summed E-state index contributed by atoms with van der Waals surface area (Å²) < 4.78 is 4.82. The maximum Gasteiger partial charge on any atom is 0.328 e. The van der Waals surface area contributed by atoms with Crippen molar-refractivity contribution in [3.05, 3.63) is 35.4 Å². The molecule has 0 unspecified atom stereocenters. The predicted octanol–water partition coefficient (Wildman–Crippen LogP) is 3.00. The van der Waals surface area contributed by atoms with Crippen LogP contribution in [-0.2, 0) is 14.3 Å². The fourth-order valence-electron chi connectivity index (χ4n) is 3.29. The maximum absolute atomic E-state index is 13.0. The fourth-order valence-corrected chi connectivity index (χ4v) is 3.29. The van der Waals surface area contributed by atoms with Crippen LogP contribution in [0.5, 0.6) is 0 Å². The number of carbonyl (C=O) groups is 3. The first-order chi connectivity index (χ1) is 11.8. The number of ketones is 1. The summed E-state index contributed by atoms with van der Waals surface area (Å²) in [6.45, 7) is 6.39. The largest absolute Gasteiger partial charge is 0.467 e. The maximum atomic E-state index is 13.0. The first-order valence-electron chi connectivity index (χ1n) is 8.83. The number of carbonyl (C=O) groups excluding carboxylic acids is 3. The summed E-state index contributed by atoms with van der Waals surface area (Å²) in [4.78, 5) is 39.1. The van der Waals surface area contributed by atoms with Gasteiger partial charge in [0, 0.05) is 24.4 Å². The van der Waals surface area contributed by atoms with E-state index in [4.69, 9.17) is 4.74 Å².